The molecule has 6 nitrogen and oxygen atoms in total. The second-order valence-corrected chi connectivity index (χ2v) is 8.55. The lowest BCUT2D eigenvalue weighted by Gasteiger charge is -2.14. The molecule has 3 aromatic carbocycles. The van der Waals surface area contributed by atoms with E-state index in [1.54, 1.807) is 18.2 Å². The number of rotatable bonds is 5. The molecule has 2 aromatic heterocycles. The third-order valence-corrected chi connectivity index (χ3v) is 6.44. The first-order valence-corrected chi connectivity index (χ1v) is 11.3. The first-order valence-electron chi connectivity index (χ1n) is 10.5. The van der Waals surface area contributed by atoms with E-state index in [0.29, 0.717) is 16.8 Å². The Balaban J connectivity index is 1.79. The Bertz CT molecular complexity index is 1640. The molecule has 0 amide bonds. The van der Waals surface area contributed by atoms with Crippen LogP contribution in [0.5, 0.6) is 0 Å². The van der Waals surface area contributed by atoms with Gasteiger partial charge in [-0.25, -0.2) is 14.4 Å². The van der Waals surface area contributed by atoms with E-state index in [1.807, 2.05) is 42.5 Å². The molecule has 35 heavy (non-hydrogen) atoms. The van der Waals surface area contributed by atoms with E-state index in [-0.39, 0.29) is 21.3 Å². The molecule has 0 atom stereocenters. The molecule has 0 N–H and O–H groups in total. The number of pyridine rings is 2. The summed E-state index contributed by atoms with van der Waals surface area (Å²) in [5.74, 6) is -0.440. The van der Waals surface area contributed by atoms with Gasteiger partial charge in [0.25, 0.3) is 0 Å². The molecule has 0 aliphatic carbocycles. The summed E-state index contributed by atoms with van der Waals surface area (Å²) in [5.41, 5.74) is 2.35. The molecule has 0 saturated heterocycles. The Kier molecular flexibility index (Phi) is 5.92. The SMILES string of the molecule is N#Cc1c(-c2cccc(F)c2)cc(-c2cccc3ccccc23)nc1Sc1ncccc1[N+](=O)[O-]. The van der Waals surface area contributed by atoms with Crippen LogP contribution in [0.3, 0.4) is 0 Å². The minimum Gasteiger partial charge on any atom is -0.258 e. The monoisotopic (exact) mass is 478 g/mol. The predicted octanol–water partition coefficient (Wildman–Crippen LogP) is 7.03. The third kappa shape index (κ3) is 4.33. The fourth-order valence-corrected chi connectivity index (χ4v) is 4.81. The van der Waals surface area contributed by atoms with Crippen molar-refractivity contribution in [3.8, 4) is 28.5 Å². The highest BCUT2D eigenvalue weighted by molar-refractivity contribution is 7.99. The molecule has 5 aromatic rings. The van der Waals surface area contributed by atoms with E-state index in [0.717, 1.165) is 28.1 Å². The van der Waals surface area contributed by atoms with Crippen molar-refractivity contribution in [3.05, 3.63) is 113 Å². The number of nitriles is 1. The van der Waals surface area contributed by atoms with E-state index in [2.05, 4.69) is 11.1 Å². The molecule has 0 bridgehead atoms. The average Bonchev–Trinajstić information content (AvgIpc) is 2.88. The van der Waals surface area contributed by atoms with E-state index in [4.69, 9.17) is 4.98 Å². The molecule has 0 spiro atoms. The molecule has 0 radical (unpaired) electrons. The predicted molar refractivity (Wildman–Crippen MR) is 132 cm³/mol. The van der Waals surface area contributed by atoms with Gasteiger partial charge in [0.1, 0.15) is 16.9 Å². The molecule has 0 fully saturated rings. The van der Waals surface area contributed by atoms with Crippen LogP contribution in [0.1, 0.15) is 5.56 Å². The van der Waals surface area contributed by atoms with Crippen LogP contribution in [0, 0.1) is 27.3 Å². The highest BCUT2D eigenvalue weighted by Crippen LogP contribution is 2.40. The quantitative estimate of drug-likeness (QED) is 0.199. The molecular weight excluding hydrogens is 463 g/mol. The molecule has 168 valence electrons. The summed E-state index contributed by atoms with van der Waals surface area (Å²) in [5, 5.41) is 24.0. The summed E-state index contributed by atoms with van der Waals surface area (Å²) in [6.07, 6.45) is 1.45. The zero-order chi connectivity index (χ0) is 24.4. The van der Waals surface area contributed by atoms with Gasteiger partial charge < -0.3 is 0 Å². The Morgan fingerprint density at radius 3 is 2.51 bits per heavy atom. The van der Waals surface area contributed by atoms with Crippen LogP contribution < -0.4 is 0 Å². The van der Waals surface area contributed by atoms with E-state index in [1.165, 1.54) is 30.5 Å². The van der Waals surface area contributed by atoms with Gasteiger partial charge in [-0.1, -0.05) is 54.6 Å². The smallest absolute Gasteiger partial charge is 0.258 e. The minimum absolute atomic E-state index is 0.113. The number of fused-ring (bicyclic) bond motifs is 1. The summed E-state index contributed by atoms with van der Waals surface area (Å²) in [4.78, 5) is 19.9. The van der Waals surface area contributed by atoms with E-state index in [9.17, 15) is 19.8 Å². The molecule has 0 aliphatic heterocycles. The van der Waals surface area contributed by atoms with Crippen LogP contribution in [0.4, 0.5) is 10.1 Å². The van der Waals surface area contributed by atoms with Crippen molar-refractivity contribution < 1.29 is 9.31 Å². The lowest BCUT2D eigenvalue weighted by atomic mass is 9.97. The topological polar surface area (TPSA) is 92.7 Å². The number of halogens is 1. The van der Waals surface area contributed by atoms with Crippen molar-refractivity contribution in [2.24, 2.45) is 0 Å². The first-order chi connectivity index (χ1) is 17.0. The van der Waals surface area contributed by atoms with Crippen LogP contribution >= 0.6 is 11.8 Å². The van der Waals surface area contributed by atoms with Crippen LogP contribution in [0.2, 0.25) is 0 Å². The van der Waals surface area contributed by atoms with Crippen molar-refractivity contribution >= 4 is 28.2 Å². The van der Waals surface area contributed by atoms with Gasteiger partial charge in [-0.2, -0.15) is 5.26 Å². The Morgan fingerprint density at radius 2 is 1.71 bits per heavy atom. The van der Waals surface area contributed by atoms with Crippen molar-refractivity contribution in [2.45, 2.75) is 10.1 Å². The standard InChI is InChI=1S/C27H15FN4O2S/c28-19-9-3-8-18(14-19)22-15-24(21-11-4-7-17-6-1-2-10-20(17)21)31-26(23(22)16-29)35-27-25(32(33)34)12-5-13-30-27/h1-15H. The van der Waals surface area contributed by atoms with Crippen LogP contribution in [-0.4, -0.2) is 14.9 Å². The second-order valence-electron chi connectivity index (χ2n) is 7.57. The molecule has 0 unspecified atom stereocenters. The van der Waals surface area contributed by atoms with Gasteiger partial charge in [-0.3, -0.25) is 10.1 Å². The summed E-state index contributed by atoms with van der Waals surface area (Å²) in [7, 11) is 0. The van der Waals surface area contributed by atoms with Gasteiger partial charge >= 0.3 is 5.69 Å². The largest absolute Gasteiger partial charge is 0.301 e. The van der Waals surface area contributed by atoms with Crippen LogP contribution in [-0.2, 0) is 0 Å². The molecule has 5 rings (SSSR count). The average molecular weight is 479 g/mol. The van der Waals surface area contributed by atoms with Crippen LogP contribution in [0.25, 0.3) is 33.2 Å². The lowest BCUT2D eigenvalue weighted by Crippen LogP contribution is -1.98. The highest BCUT2D eigenvalue weighted by atomic mass is 32.2. The number of aromatic nitrogens is 2. The number of hydrogen-bond acceptors (Lipinski definition) is 6. The fourth-order valence-electron chi connectivity index (χ4n) is 3.87. The fraction of sp³-hybridized carbons (Fsp3) is 0. The van der Waals surface area contributed by atoms with E-state index < -0.39 is 10.7 Å². The highest BCUT2D eigenvalue weighted by Gasteiger charge is 2.22. The van der Waals surface area contributed by atoms with Crippen molar-refractivity contribution in [2.75, 3.05) is 0 Å². The molecule has 8 heteroatoms. The van der Waals surface area contributed by atoms with Gasteiger partial charge in [0.05, 0.1) is 16.2 Å². The van der Waals surface area contributed by atoms with Gasteiger partial charge in [0.15, 0.2) is 5.03 Å². The van der Waals surface area contributed by atoms with Crippen molar-refractivity contribution in [3.63, 3.8) is 0 Å². The molecule has 0 aliphatic rings. The lowest BCUT2D eigenvalue weighted by molar-refractivity contribution is -0.388. The molecule has 0 saturated carbocycles. The van der Waals surface area contributed by atoms with Gasteiger partial charge in [-0.05, 0) is 52.4 Å². The minimum atomic E-state index is -0.524. The number of nitrogens with zero attached hydrogens (tertiary/aromatic N) is 4. The number of nitro groups is 1. The zero-order valence-corrected chi connectivity index (χ0v) is 18.9. The Morgan fingerprint density at radius 1 is 0.914 bits per heavy atom. The van der Waals surface area contributed by atoms with Gasteiger partial charge in [0.2, 0.25) is 0 Å². The summed E-state index contributed by atoms with van der Waals surface area (Å²) in [6.45, 7) is 0. The summed E-state index contributed by atoms with van der Waals surface area (Å²) < 4.78 is 14.1. The Hall–Kier alpha value is -4.61. The maximum Gasteiger partial charge on any atom is 0.301 e. The maximum atomic E-state index is 14.1. The first kappa shape index (κ1) is 22.2. The molecule has 2 heterocycles. The third-order valence-electron chi connectivity index (χ3n) is 5.44. The van der Waals surface area contributed by atoms with E-state index >= 15 is 0 Å². The normalized spacial score (nSPS) is 10.7. The molecular formula is C27H15FN4O2S. The van der Waals surface area contributed by atoms with Crippen molar-refractivity contribution in [1.29, 1.82) is 5.26 Å². The number of benzene rings is 3. The van der Waals surface area contributed by atoms with Crippen molar-refractivity contribution in [1.82, 2.24) is 9.97 Å². The Labute approximate surface area is 203 Å². The number of hydrogen-bond donors (Lipinski definition) is 0. The summed E-state index contributed by atoms with van der Waals surface area (Å²) >= 11 is 0.941. The summed E-state index contributed by atoms with van der Waals surface area (Å²) in [6, 6.07) is 26.4. The van der Waals surface area contributed by atoms with Crippen LogP contribution in [0.15, 0.2) is 101 Å². The van der Waals surface area contributed by atoms with Gasteiger partial charge in [0, 0.05) is 23.4 Å². The maximum absolute atomic E-state index is 14.1. The second kappa shape index (κ2) is 9.33. The zero-order valence-electron chi connectivity index (χ0n) is 18.1. The van der Waals surface area contributed by atoms with Gasteiger partial charge in [-0.15, -0.1) is 0 Å².